The Kier molecular flexibility index (Phi) is 5.42. The second-order valence-corrected chi connectivity index (χ2v) is 4.55. The fraction of sp³-hybridized carbons (Fsp3) is 0.643. The van der Waals surface area contributed by atoms with Gasteiger partial charge < -0.3 is 14.8 Å². The maximum Gasteiger partial charge on any atom is 0.213 e. The summed E-state index contributed by atoms with van der Waals surface area (Å²) >= 11 is 0. The Labute approximate surface area is 109 Å². The fourth-order valence-electron chi connectivity index (χ4n) is 2.01. The summed E-state index contributed by atoms with van der Waals surface area (Å²) in [6, 6.07) is 5.89. The van der Waals surface area contributed by atoms with Crippen molar-refractivity contribution in [1.29, 1.82) is 0 Å². The maximum atomic E-state index is 5.70. The third kappa shape index (κ3) is 4.27. The molecule has 0 amide bonds. The second-order valence-electron chi connectivity index (χ2n) is 4.55. The van der Waals surface area contributed by atoms with Gasteiger partial charge in [-0.3, -0.25) is 0 Å². The zero-order chi connectivity index (χ0) is 12.6. The van der Waals surface area contributed by atoms with E-state index in [1.165, 1.54) is 12.8 Å². The van der Waals surface area contributed by atoms with Crippen LogP contribution in [0.15, 0.2) is 18.2 Å². The molecule has 0 saturated carbocycles. The predicted octanol–water partition coefficient (Wildman–Crippen LogP) is 2.14. The average Bonchev–Trinajstić information content (AvgIpc) is 2.44. The zero-order valence-corrected chi connectivity index (χ0v) is 11.0. The van der Waals surface area contributed by atoms with E-state index < -0.39 is 0 Å². The van der Waals surface area contributed by atoms with Crippen molar-refractivity contribution in [1.82, 2.24) is 10.3 Å². The highest BCUT2D eigenvalue weighted by atomic mass is 16.5. The number of nitrogens with one attached hydrogen (secondary N) is 1. The number of rotatable bonds is 6. The minimum Gasteiger partial charge on any atom is -0.475 e. The molecule has 0 radical (unpaired) electrons. The lowest BCUT2D eigenvalue weighted by molar-refractivity contribution is -0.0119. The predicted molar refractivity (Wildman–Crippen MR) is 70.7 cm³/mol. The number of nitrogens with zero attached hydrogens (tertiary/aromatic N) is 1. The molecule has 1 saturated heterocycles. The first-order valence-electron chi connectivity index (χ1n) is 6.79. The molecule has 1 N–H and O–H groups in total. The van der Waals surface area contributed by atoms with Gasteiger partial charge in [0.25, 0.3) is 0 Å². The number of ether oxygens (including phenoxy) is 2. The van der Waals surface area contributed by atoms with Crippen molar-refractivity contribution in [3.63, 3.8) is 0 Å². The summed E-state index contributed by atoms with van der Waals surface area (Å²) in [6.45, 7) is 5.29. The molecule has 4 heteroatoms. The molecular formula is C14H22N2O2. The van der Waals surface area contributed by atoms with Crippen LogP contribution < -0.4 is 10.1 Å². The van der Waals surface area contributed by atoms with Crippen molar-refractivity contribution in [3.8, 4) is 5.88 Å². The number of aromatic nitrogens is 1. The summed E-state index contributed by atoms with van der Waals surface area (Å²) in [7, 11) is 0. The van der Waals surface area contributed by atoms with E-state index in [9.17, 15) is 0 Å². The van der Waals surface area contributed by atoms with Crippen LogP contribution in [0.5, 0.6) is 5.88 Å². The Morgan fingerprint density at radius 1 is 1.44 bits per heavy atom. The molecule has 1 atom stereocenters. The van der Waals surface area contributed by atoms with Gasteiger partial charge in [-0.05, 0) is 31.9 Å². The first-order chi connectivity index (χ1) is 8.88. The molecule has 0 aromatic carbocycles. The van der Waals surface area contributed by atoms with E-state index in [2.05, 4.69) is 17.2 Å². The van der Waals surface area contributed by atoms with Crippen molar-refractivity contribution in [2.24, 2.45) is 0 Å². The molecule has 1 fully saturated rings. The summed E-state index contributed by atoms with van der Waals surface area (Å²) in [5.74, 6) is 0.694. The third-order valence-electron chi connectivity index (χ3n) is 3.03. The van der Waals surface area contributed by atoms with E-state index >= 15 is 0 Å². The van der Waals surface area contributed by atoms with Gasteiger partial charge in [0.2, 0.25) is 5.88 Å². The molecule has 100 valence electrons. The van der Waals surface area contributed by atoms with Crippen molar-refractivity contribution >= 4 is 0 Å². The Balaban J connectivity index is 1.80. The highest BCUT2D eigenvalue weighted by Crippen LogP contribution is 2.14. The second kappa shape index (κ2) is 7.34. The molecule has 1 aliphatic heterocycles. The van der Waals surface area contributed by atoms with E-state index in [1.54, 1.807) is 0 Å². The molecule has 18 heavy (non-hydrogen) atoms. The highest BCUT2D eigenvalue weighted by molar-refractivity contribution is 5.15. The molecule has 0 aliphatic carbocycles. The lowest BCUT2D eigenvalue weighted by atomic mass is 10.1. The lowest BCUT2D eigenvalue weighted by Crippen LogP contribution is -2.26. The van der Waals surface area contributed by atoms with Crippen LogP contribution in [0.25, 0.3) is 0 Å². The van der Waals surface area contributed by atoms with Crippen LogP contribution >= 0.6 is 0 Å². The largest absolute Gasteiger partial charge is 0.475 e. The van der Waals surface area contributed by atoms with Crippen LogP contribution in [0.3, 0.4) is 0 Å². The van der Waals surface area contributed by atoms with Gasteiger partial charge >= 0.3 is 0 Å². The van der Waals surface area contributed by atoms with Crippen molar-refractivity contribution < 1.29 is 9.47 Å². The van der Waals surface area contributed by atoms with E-state index in [4.69, 9.17) is 9.47 Å². The maximum absolute atomic E-state index is 5.70. The van der Waals surface area contributed by atoms with Crippen molar-refractivity contribution in [2.75, 3.05) is 19.8 Å². The Morgan fingerprint density at radius 3 is 3.17 bits per heavy atom. The Morgan fingerprint density at radius 2 is 2.39 bits per heavy atom. The first kappa shape index (κ1) is 13.3. The number of pyridine rings is 1. The molecule has 2 rings (SSSR count). The SMILES string of the molecule is CCNCc1cccc(OCC2CCCCO2)n1. The van der Waals surface area contributed by atoms with Crippen molar-refractivity contribution in [2.45, 2.75) is 38.8 Å². The van der Waals surface area contributed by atoms with E-state index in [-0.39, 0.29) is 6.10 Å². The summed E-state index contributed by atoms with van der Waals surface area (Å²) in [4.78, 5) is 4.45. The van der Waals surface area contributed by atoms with Crippen LogP contribution in [0, 0.1) is 0 Å². The molecule has 1 aliphatic rings. The molecular weight excluding hydrogens is 228 g/mol. The summed E-state index contributed by atoms with van der Waals surface area (Å²) < 4.78 is 11.3. The van der Waals surface area contributed by atoms with Crippen LogP contribution in [0.1, 0.15) is 31.9 Å². The van der Waals surface area contributed by atoms with Crippen LogP contribution in [-0.4, -0.2) is 30.8 Å². The molecule has 1 aromatic rings. The molecule has 0 bridgehead atoms. The van der Waals surface area contributed by atoms with Crippen LogP contribution in [-0.2, 0) is 11.3 Å². The highest BCUT2D eigenvalue weighted by Gasteiger charge is 2.14. The van der Waals surface area contributed by atoms with Gasteiger partial charge in [-0.25, -0.2) is 4.98 Å². The zero-order valence-electron chi connectivity index (χ0n) is 11.0. The smallest absolute Gasteiger partial charge is 0.213 e. The van der Waals surface area contributed by atoms with Gasteiger partial charge in [0, 0.05) is 19.2 Å². The average molecular weight is 250 g/mol. The van der Waals surface area contributed by atoms with E-state index in [0.717, 1.165) is 31.8 Å². The monoisotopic (exact) mass is 250 g/mol. The van der Waals surface area contributed by atoms with Gasteiger partial charge in [0.05, 0.1) is 11.8 Å². The molecule has 1 aromatic heterocycles. The Bertz CT molecular complexity index is 351. The third-order valence-corrected chi connectivity index (χ3v) is 3.03. The van der Waals surface area contributed by atoms with E-state index in [0.29, 0.717) is 12.5 Å². The van der Waals surface area contributed by atoms with E-state index in [1.807, 2.05) is 18.2 Å². The summed E-state index contributed by atoms with van der Waals surface area (Å²) in [5, 5.41) is 3.25. The van der Waals surface area contributed by atoms with Gasteiger partial charge in [-0.2, -0.15) is 0 Å². The van der Waals surface area contributed by atoms with Crippen molar-refractivity contribution in [3.05, 3.63) is 23.9 Å². The minimum atomic E-state index is 0.234. The Hall–Kier alpha value is -1.13. The van der Waals surface area contributed by atoms with Gasteiger partial charge in [0.1, 0.15) is 6.61 Å². The van der Waals surface area contributed by atoms with Gasteiger partial charge in [-0.1, -0.05) is 13.0 Å². The number of hydrogen-bond acceptors (Lipinski definition) is 4. The quantitative estimate of drug-likeness (QED) is 0.840. The topological polar surface area (TPSA) is 43.4 Å². The molecule has 2 heterocycles. The summed E-state index contributed by atoms with van der Waals surface area (Å²) in [5.41, 5.74) is 1.01. The molecule has 1 unspecified atom stereocenters. The minimum absolute atomic E-state index is 0.234. The van der Waals surface area contributed by atoms with Crippen LogP contribution in [0.2, 0.25) is 0 Å². The summed E-state index contributed by atoms with van der Waals surface area (Å²) in [6.07, 6.45) is 3.74. The van der Waals surface area contributed by atoms with Gasteiger partial charge in [0.15, 0.2) is 0 Å². The fourth-order valence-corrected chi connectivity index (χ4v) is 2.01. The molecule has 4 nitrogen and oxygen atoms in total. The lowest BCUT2D eigenvalue weighted by Gasteiger charge is -2.22. The van der Waals surface area contributed by atoms with Crippen LogP contribution in [0.4, 0.5) is 0 Å². The number of hydrogen-bond donors (Lipinski definition) is 1. The first-order valence-corrected chi connectivity index (χ1v) is 6.79. The standard InChI is InChI=1S/C14H22N2O2/c1-2-15-10-12-6-5-8-14(16-12)18-11-13-7-3-4-9-17-13/h5-6,8,13,15H,2-4,7,9-11H2,1H3. The van der Waals surface area contributed by atoms with Gasteiger partial charge in [-0.15, -0.1) is 0 Å². The molecule has 0 spiro atoms. The normalized spacial score (nSPS) is 19.7.